The first-order chi connectivity index (χ1) is 14.7. The van der Waals surface area contributed by atoms with E-state index in [0.29, 0.717) is 12.2 Å². The van der Waals surface area contributed by atoms with E-state index in [2.05, 4.69) is 5.32 Å². The highest BCUT2D eigenvalue weighted by Gasteiger charge is 2.54. The number of hydrogen-bond donors (Lipinski definition) is 2. The molecule has 0 spiro atoms. The second-order valence-corrected chi connectivity index (χ2v) is 8.50. The lowest BCUT2D eigenvalue weighted by molar-refractivity contribution is -0.133. The van der Waals surface area contributed by atoms with E-state index in [9.17, 15) is 9.18 Å². The van der Waals surface area contributed by atoms with Crippen LogP contribution < -0.4 is 15.8 Å². The molecule has 0 aliphatic carbocycles. The number of carbonyl (C=O) groups excluding carboxylic acids is 1. The van der Waals surface area contributed by atoms with E-state index < -0.39 is 11.9 Å². The number of guanidine groups is 1. The van der Waals surface area contributed by atoms with Gasteiger partial charge in [0.25, 0.3) is 5.91 Å². The molecule has 0 saturated carbocycles. The number of halogens is 1. The van der Waals surface area contributed by atoms with Crippen molar-refractivity contribution in [1.29, 1.82) is 0 Å². The van der Waals surface area contributed by atoms with Crippen LogP contribution in [0.3, 0.4) is 0 Å². The number of rotatable bonds is 5. The highest BCUT2D eigenvalue weighted by atomic mass is 19.1. The molecule has 1 aromatic carbocycles. The highest BCUT2D eigenvalue weighted by molar-refractivity contribution is 6.07. The molecule has 4 unspecified atom stereocenters. The lowest BCUT2D eigenvalue weighted by atomic mass is 9.71. The van der Waals surface area contributed by atoms with Gasteiger partial charge in [0.2, 0.25) is 6.36 Å². The molecule has 2 aliphatic rings. The fourth-order valence-electron chi connectivity index (χ4n) is 4.70. The zero-order valence-electron chi connectivity index (χ0n) is 18.3. The molecular weight excluding hydrogens is 399 g/mol. The third-order valence-corrected chi connectivity index (χ3v) is 6.26. The van der Waals surface area contributed by atoms with E-state index >= 15 is 0 Å². The lowest BCUT2D eigenvalue weighted by Crippen LogP contribution is -2.48. The Morgan fingerprint density at radius 2 is 2.16 bits per heavy atom. The number of likely N-dealkylation sites (N-methyl/N-ethyl adjacent to an activating group) is 1. The molecule has 7 nitrogen and oxygen atoms in total. The maximum Gasteiger partial charge on any atom is 0.261 e. The number of benzene rings is 1. The van der Waals surface area contributed by atoms with Crippen LogP contribution in [0.25, 0.3) is 0 Å². The second-order valence-electron chi connectivity index (χ2n) is 8.50. The molecule has 1 saturated heterocycles. The van der Waals surface area contributed by atoms with Crippen LogP contribution in [0.5, 0.6) is 5.75 Å². The van der Waals surface area contributed by atoms with Crippen LogP contribution in [0.4, 0.5) is 4.39 Å². The summed E-state index contributed by atoms with van der Waals surface area (Å²) in [5.74, 6) is 1.25. The quantitative estimate of drug-likeness (QED) is 0.762. The maximum absolute atomic E-state index is 13.6. The van der Waals surface area contributed by atoms with Crippen LogP contribution in [0.1, 0.15) is 48.3 Å². The molecule has 166 valence electrons. The molecule has 8 heteroatoms. The van der Waals surface area contributed by atoms with E-state index in [-0.39, 0.29) is 23.8 Å². The maximum atomic E-state index is 13.6. The van der Waals surface area contributed by atoms with Crippen LogP contribution in [0.2, 0.25) is 0 Å². The number of alkyl halides is 1. The molecule has 3 heterocycles. The van der Waals surface area contributed by atoms with Crippen LogP contribution >= 0.6 is 0 Å². The summed E-state index contributed by atoms with van der Waals surface area (Å²) in [6.45, 7) is 5.88. The zero-order valence-corrected chi connectivity index (χ0v) is 18.3. The van der Waals surface area contributed by atoms with Gasteiger partial charge in [-0.3, -0.25) is 9.69 Å². The molecule has 0 radical (unpaired) electrons. The van der Waals surface area contributed by atoms with Crippen molar-refractivity contribution < 1.29 is 18.3 Å². The molecule has 3 N–H and O–H groups in total. The molecule has 4 atom stereocenters. The summed E-state index contributed by atoms with van der Waals surface area (Å²) in [4.78, 5) is 19.7. The van der Waals surface area contributed by atoms with Crippen LogP contribution in [-0.4, -0.2) is 36.7 Å². The zero-order chi connectivity index (χ0) is 22.3. The largest absolute Gasteiger partial charge is 0.467 e. The Balaban J connectivity index is 1.75. The molecule has 31 heavy (non-hydrogen) atoms. The van der Waals surface area contributed by atoms with Crippen molar-refractivity contribution in [1.82, 2.24) is 10.2 Å². The van der Waals surface area contributed by atoms with Gasteiger partial charge in [0.05, 0.1) is 12.3 Å². The van der Waals surface area contributed by atoms with Crippen molar-refractivity contribution in [2.45, 2.75) is 51.6 Å². The van der Waals surface area contributed by atoms with Crippen molar-refractivity contribution >= 4 is 11.9 Å². The van der Waals surface area contributed by atoms with Crippen molar-refractivity contribution in [3.05, 3.63) is 53.0 Å². The smallest absolute Gasteiger partial charge is 0.261 e. The van der Waals surface area contributed by atoms with E-state index in [0.717, 1.165) is 35.4 Å². The summed E-state index contributed by atoms with van der Waals surface area (Å²) >= 11 is 0. The van der Waals surface area contributed by atoms with Gasteiger partial charge >= 0.3 is 0 Å². The molecular formula is C23H29FN4O3. The number of amides is 1. The van der Waals surface area contributed by atoms with Gasteiger partial charge in [-0.25, -0.2) is 9.38 Å². The summed E-state index contributed by atoms with van der Waals surface area (Å²) < 4.78 is 24.3. The number of aliphatic imine (C=N–C) groups is 1. The van der Waals surface area contributed by atoms with E-state index in [1.807, 2.05) is 26.0 Å². The third kappa shape index (κ3) is 3.69. The van der Waals surface area contributed by atoms with Crippen molar-refractivity contribution in [2.75, 3.05) is 13.6 Å². The second kappa shape index (κ2) is 8.00. The number of nitrogens with zero attached hydrogens (tertiary/aromatic N) is 2. The number of hydrogen-bond acceptors (Lipinski definition) is 6. The number of nitrogens with two attached hydrogens (primary N) is 1. The normalized spacial score (nSPS) is 27.3. The monoisotopic (exact) mass is 428 g/mol. The Morgan fingerprint density at radius 3 is 2.74 bits per heavy atom. The minimum absolute atomic E-state index is 0.0180. The minimum Gasteiger partial charge on any atom is -0.467 e. The standard InChI is InChI=1S/C23H29FN4O3/c1-13-9-20(30-12-13)18-11-17(7-8-26-18)23(21(29)28(4)22(25)27-23)16-5-6-19(14(2)10-16)31-15(3)24/h5-6,9-10,12,15,17-18,26H,7-8,11H2,1-4H3,(H2,25,27). The van der Waals surface area contributed by atoms with Gasteiger partial charge in [0.15, 0.2) is 11.5 Å². The van der Waals surface area contributed by atoms with Gasteiger partial charge in [-0.1, -0.05) is 6.07 Å². The van der Waals surface area contributed by atoms with Crippen molar-refractivity contribution in [2.24, 2.45) is 16.6 Å². The summed E-state index contributed by atoms with van der Waals surface area (Å²) in [6.07, 6.45) is 1.73. The predicted octanol–water partition coefficient (Wildman–Crippen LogP) is 3.31. The summed E-state index contributed by atoms with van der Waals surface area (Å²) in [7, 11) is 1.65. The molecule has 1 aromatic heterocycles. The number of ether oxygens (including phenoxy) is 1. The Labute approximate surface area is 181 Å². The Kier molecular flexibility index (Phi) is 5.51. The Hall–Kier alpha value is -2.87. The fraction of sp³-hybridized carbons (Fsp3) is 0.478. The van der Waals surface area contributed by atoms with Gasteiger partial charge in [0, 0.05) is 19.9 Å². The molecule has 2 aromatic rings. The summed E-state index contributed by atoms with van der Waals surface area (Å²) in [5.41, 5.74) is 7.52. The van der Waals surface area contributed by atoms with Crippen molar-refractivity contribution in [3.63, 3.8) is 0 Å². The van der Waals surface area contributed by atoms with Crippen LogP contribution in [-0.2, 0) is 10.3 Å². The molecule has 2 aliphatic heterocycles. The molecule has 1 amide bonds. The topological polar surface area (TPSA) is 93.1 Å². The number of furan rings is 1. The predicted molar refractivity (Wildman–Crippen MR) is 115 cm³/mol. The Morgan fingerprint density at radius 1 is 1.39 bits per heavy atom. The van der Waals surface area contributed by atoms with Gasteiger partial charge in [-0.15, -0.1) is 0 Å². The number of carbonyl (C=O) groups is 1. The third-order valence-electron chi connectivity index (χ3n) is 6.26. The summed E-state index contributed by atoms with van der Waals surface area (Å²) in [5, 5.41) is 3.49. The number of aryl methyl sites for hydroxylation is 2. The molecule has 0 bridgehead atoms. The van der Waals surface area contributed by atoms with Crippen LogP contribution in [0.15, 0.2) is 39.9 Å². The Bertz CT molecular complexity index is 1020. The fourth-order valence-corrected chi connectivity index (χ4v) is 4.70. The minimum atomic E-state index is -1.42. The molecule has 1 fully saturated rings. The highest BCUT2D eigenvalue weighted by Crippen LogP contribution is 2.47. The van der Waals surface area contributed by atoms with Gasteiger partial charge in [0.1, 0.15) is 11.5 Å². The first kappa shape index (κ1) is 21.4. The van der Waals surface area contributed by atoms with E-state index in [1.54, 1.807) is 25.4 Å². The first-order valence-corrected chi connectivity index (χ1v) is 10.6. The first-order valence-electron chi connectivity index (χ1n) is 10.6. The average Bonchev–Trinajstić information content (AvgIpc) is 3.27. The average molecular weight is 429 g/mol. The van der Waals surface area contributed by atoms with Gasteiger partial charge in [-0.05, 0) is 68.1 Å². The lowest BCUT2D eigenvalue weighted by Gasteiger charge is -2.39. The number of nitrogens with one attached hydrogen (secondary N) is 1. The summed E-state index contributed by atoms with van der Waals surface area (Å²) in [6, 6.07) is 7.36. The number of piperidine rings is 1. The SMILES string of the molecule is Cc1coc(C2CC(C3(c4ccc(OC(C)F)c(C)c4)N=C(N)N(C)C3=O)CCN2)c1. The van der Waals surface area contributed by atoms with E-state index in [1.165, 1.54) is 11.8 Å². The van der Waals surface area contributed by atoms with Gasteiger partial charge < -0.3 is 20.2 Å². The van der Waals surface area contributed by atoms with E-state index in [4.69, 9.17) is 19.9 Å². The van der Waals surface area contributed by atoms with Gasteiger partial charge in [-0.2, -0.15) is 0 Å². The van der Waals surface area contributed by atoms with Crippen LogP contribution in [0, 0.1) is 19.8 Å². The van der Waals surface area contributed by atoms with Crippen molar-refractivity contribution in [3.8, 4) is 5.75 Å². The molecule has 4 rings (SSSR count).